The van der Waals surface area contributed by atoms with Crippen LogP contribution >= 0.6 is 0 Å². The molecule has 4 heterocycles. The fraction of sp³-hybridized carbons (Fsp3) is 0.650. The van der Waals surface area contributed by atoms with Gasteiger partial charge in [0, 0.05) is 24.3 Å². The van der Waals surface area contributed by atoms with Gasteiger partial charge in [-0.15, -0.1) is 0 Å². The minimum absolute atomic E-state index is 0.0289. The fourth-order valence-corrected chi connectivity index (χ4v) is 5.28. The number of aromatic amines is 1. The highest BCUT2D eigenvalue weighted by Gasteiger charge is 2.45. The van der Waals surface area contributed by atoms with E-state index in [9.17, 15) is 9.59 Å². The number of nitrogens with zero attached hydrogens (tertiary/aromatic N) is 2. The van der Waals surface area contributed by atoms with Crippen molar-refractivity contribution in [2.24, 2.45) is 11.8 Å². The summed E-state index contributed by atoms with van der Waals surface area (Å²) in [7, 11) is 0. The number of carbonyl (C=O) groups is 1. The number of carbonyl (C=O) groups excluding carboxylic acids is 1. The number of nitriles is 1. The molecule has 144 valence electrons. The van der Waals surface area contributed by atoms with E-state index in [4.69, 9.17) is 5.26 Å². The minimum atomic E-state index is -0.450. The molecule has 0 aromatic carbocycles. The second kappa shape index (κ2) is 7.45. The molecule has 0 spiro atoms. The molecule has 4 rings (SSSR count). The third-order valence-electron chi connectivity index (χ3n) is 6.60. The molecule has 3 fully saturated rings. The predicted molar refractivity (Wildman–Crippen MR) is 101 cm³/mol. The molecule has 2 bridgehead atoms. The van der Waals surface area contributed by atoms with Crippen LogP contribution in [0.3, 0.4) is 0 Å². The van der Waals surface area contributed by atoms with Gasteiger partial charge in [0.2, 0.25) is 0 Å². The lowest BCUT2D eigenvalue weighted by atomic mass is 9.73. The monoisotopic (exact) mass is 369 g/mol. The third kappa shape index (κ3) is 3.40. The first-order valence-corrected chi connectivity index (χ1v) is 9.97. The van der Waals surface area contributed by atoms with Crippen LogP contribution in [0.1, 0.15) is 47.3 Å². The summed E-state index contributed by atoms with van der Waals surface area (Å²) in [5.74, 6) is 1.07. The van der Waals surface area contributed by atoms with Crippen molar-refractivity contribution < 1.29 is 4.79 Å². The summed E-state index contributed by atoms with van der Waals surface area (Å²) < 4.78 is 0. The van der Waals surface area contributed by atoms with E-state index in [2.05, 4.69) is 20.5 Å². The van der Waals surface area contributed by atoms with Crippen molar-refractivity contribution in [3.8, 4) is 6.07 Å². The number of amides is 1. The van der Waals surface area contributed by atoms with Crippen molar-refractivity contribution in [3.63, 3.8) is 0 Å². The van der Waals surface area contributed by atoms with Gasteiger partial charge >= 0.3 is 0 Å². The van der Waals surface area contributed by atoms with Crippen molar-refractivity contribution in [2.75, 3.05) is 26.2 Å². The largest absolute Gasteiger partial charge is 0.350 e. The second-order valence-electron chi connectivity index (χ2n) is 8.16. The first-order chi connectivity index (χ1) is 13.1. The lowest BCUT2D eigenvalue weighted by molar-refractivity contribution is -0.0371. The number of hydrogen-bond acceptors (Lipinski definition) is 5. The predicted octanol–water partition coefficient (Wildman–Crippen LogP) is 0.747. The zero-order valence-corrected chi connectivity index (χ0v) is 15.8. The van der Waals surface area contributed by atoms with E-state index < -0.39 is 5.56 Å². The molecule has 27 heavy (non-hydrogen) atoms. The highest BCUT2D eigenvalue weighted by molar-refractivity contribution is 5.95. The van der Waals surface area contributed by atoms with E-state index >= 15 is 0 Å². The number of rotatable bonds is 3. The molecule has 3 N–H and O–H groups in total. The second-order valence-corrected chi connectivity index (χ2v) is 8.16. The molecule has 7 nitrogen and oxygen atoms in total. The van der Waals surface area contributed by atoms with Gasteiger partial charge in [-0.05, 0) is 63.7 Å². The van der Waals surface area contributed by atoms with Crippen LogP contribution in [0.4, 0.5) is 0 Å². The molecule has 0 radical (unpaired) electrons. The van der Waals surface area contributed by atoms with Crippen molar-refractivity contribution in [1.29, 1.82) is 5.26 Å². The van der Waals surface area contributed by atoms with E-state index in [-0.39, 0.29) is 11.5 Å². The first kappa shape index (κ1) is 18.2. The Hall–Kier alpha value is -2.17. The standard InChI is InChI=1S/C20H27N5O2/c1-12-16(7-13(8-21)19(26)24-12)20(27)23-11-18-15-6-14(9-22-10-15)17-4-2-3-5-25(17)18/h7,14-15,17-18,22H,2-6,9-11H2,1H3,(H,23,27)(H,24,26)/t14-,15+,17+,18+/m1/s1. The number of pyridine rings is 1. The Kier molecular flexibility index (Phi) is 5.02. The summed E-state index contributed by atoms with van der Waals surface area (Å²) in [6, 6.07) is 4.22. The maximum Gasteiger partial charge on any atom is 0.266 e. The lowest BCUT2D eigenvalue weighted by Gasteiger charge is -2.55. The maximum absolute atomic E-state index is 12.7. The summed E-state index contributed by atoms with van der Waals surface area (Å²) >= 11 is 0. The number of hydrogen-bond donors (Lipinski definition) is 3. The molecule has 3 aliphatic heterocycles. The van der Waals surface area contributed by atoms with Crippen LogP contribution in [0.25, 0.3) is 0 Å². The Balaban J connectivity index is 1.50. The van der Waals surface area contributed by atoms with E-state index in [0.29, 0.717) is 35.8 Å². The smallest absolute Gasteiger partial charge is 0.266 e. The first-order valence-electron chi connectivity index (χ1n) is 9.97. The average molecular weight is 369 g/mol. The van der Waals surface area contributed by atoms with Crippen molar-refractivity contribution in [2.45, 2.75) is 44.7 Å². The molecule has 0 aliphatic carbocycles. The van der Waals surface area contributed by atoms with Crippen molar-refractivity contribution in [1.82, 2.24) is 20.5 Å². The van der Waals surface area contributed by atoms with Crippen LogP contribution in [0.2, 0.25) is 0 Å². The number of piperidine rings is 3. The molecule has 0 saturated carbocycles. The topological polar surface area (TPSA) is 101 Å². The Morgan fingerprint density at radius 1 is 1.37 bits per heavy atom. The summed E-state index contributed by atoms with van der Waals surface area (Å²) in [4.78, 5) is 29.7. The van der Waals surface area contributed by atoms with Gasteiger partial charge in [0.05, 0.1) is 5.56 Å². The van der Waals surface area contributed by atoms with Crippen molar-refractivity contribution >= 4 is 5.91 Å². The van der Waals surface area contributed by atoms with Gasteiger partial charge in [-0.2, -0.15) is 5.26 Å². The molecule has 4 atom stereocenters. The Labute approximate surface area is 159 Å². The average Bonchev–Trinajstić information content (AvgIpc) is 2.68. The molecule has 1 amide bonds. The van der Waals surface area contributed by atoms with Crippen LogP contribution in [-0.2, 0) is 0 Å². The van der Waals surface area contributed by atoms with Crippen molar-refractivity contribution in [3.05, 3.63) is 33.2 Å². The van der Waals surface area contributed by atoms with Crippen LogP contribution in [0.15, 0.2) is 10.9 Å². The maximum atomic E-state index is 12.7. The molecule has 1 aromatic heterocycles. The number of aryl methyl sites for hydroxylation is 1. The molecular formula is C20H27N5O2. The number of H-pyrrole nitrogens is 1. The lowest BCUT2D eigenvalue weighted by Crippen LogP contribution is -2.65. The summed E-state index contributed by atoms with van der Waals surface area (Å²) in [6.07, 6.45) is 5.03. The third-order valence-corrected chi connectivity index (χ3v) is 6.60. The van der Waals surface area contributed by atoms with Gasteiger partial charge in [-0.25, -0.2) is 0 Å². The summed E-state index contributed by atoms with van der Waals surface area (Å²) in [6.45, 7) is 5.54. The Bertz CT molecular complexity index is 827. The van der Waals surface area contributed by atoms with Crippen LogP contribution in [0, 0.1) is 30.1 Å². The fourth-order valence-electron chi connectivity index (χ4n) is 5.28. The molecule has 1 aromatic rings. The number of aromatic nitrogens is 1. The van der Waals surface area contributed by atoms with E-state index in [1.165, 1.54) is 31.7 Å². The Morgan fingerprint density at radius 3 is 3.00 bits per heavy atom. The van der Waals surface area contributed by atoms with Crippen LogP contribution in [0.5, 0.6) is 0 Å². The van der Waals surface area contributed by atoms with Gasteiger partial charge in [0.15, 0.2) is 0 Å². The SMILES string of the molecule is Cc1[nH]c(=O)c(C#N)cc1C(=O)NC[C@H]1[C@@H]2CNC[C@@H](C2)[C@@H]2CCCCN21. The van der Waals surface area contributed by atoms with Crippen LogP contribution < -0.4 is 16.2 Å². The zero-order chi connectivity index (χ0) is 19.0. The van der Waals surface area contributed by atoms with E-state index in [1.807, 2.05) is 6.07 Å². The van der Waals surface area contributed by atoms with Crippen LogP contribution in [-0.4, -0.2) is 54.1 Å². The number of nitrogens with one attached hydrogen (secondary N) is 3. The van der Waals surface area contributed by atoms with Gasteiger partial charge in [-0.1, -0.05) is 6.42 Å². The van der Waals surface area contributed by atoms with E-state index in [1.54, 1.807) is 6.92 Å². The van der Waals surface area contributed by atoms with Gasteiger partial charge in [-0.3, -0.25) is 14.5 Å². The quantitative estimate of drug-likeness (QED) is 0.730. The normalized spacial score (nSPS) is 30.2. The zero-order valence-electron chi connectivity index (χ0n) is 15.8. The van der Waals surface area contributed by atoms with Gasteiger partial charge < -0.3 is 15.6 Å². The molecule has 3 saturated heterocycles. The van der Waals surface area contributed by atoms with E-state index in [0.717, 1.165) is 25.6 Å². The molecule has 3 aliphatic rings. The highest BCUT2D eigenvalue weighted by Crippen LogP contribution is 2.38. The molecular weight excluding hydrogens is 342 g/mol. The molecule has 0 unspecified atom stereocenters. The minimum Gasteiger partial charge on any atom is -0.350 e. The van der Waals surface area contributed by atoms with Gasteiger partial charge in [0.25, 0.3) is 11.5 Å². The summed E-state index contributed by atoms with van der Waals surface area (Å²) in [5, 5.41) is 15.7. The van der Waals surface area contributed by atoms with Gasteiger partial charge in [0.1, 0.15) is 11.6 Å². The molecule has 7 heteroatoms. The number of fused-ring (bicyclic) bond motifs is 4. The Morgan fingerprint density at radius 2 is 2.19 bits per heavy atom. The summed E-state index contributed by atoms with van der Waals surface area (Å²) in [5.41, 5.74) is 0.389. The highest BCUT2D eigenvalue weighted by atomic mass is 16.2.